The lowest BCUT2D eigenvalue weighted by molar-refractivity contribution is -0.384. The van der Waals surface area contributed by atoms with Crippen molar-refractivity contribution in [3.05, 3.63) is 58.0 Å². The average molecular weight is 553 g/mol. The molecule has 1 aliphatic heterocycles. The van der Waals surface area contributed by atoms with Crippen LogP contribution in [-0.4, -0.2) is 69.7 Å². The van der Waals surface area contributed by atoms with Crippen molar-refractivity contribution in [3.63, 3.8) is 0 Å². The van der Waals surface area contributed by atoms with Crippen LogP contribution >= 0.6 is 0 Å². The van der Waals surface area contributed by atoms with Crippen molar-refractivity contribution in [2.45, 2.75) is 26.8 Å². The molecule has 5 rings (SSSR count). The van der Waals surface area contributed by atoms with Crippen LogP contribution in [-0.2, 0) is 0 Å². The summed E-state index contributed by atoms with van der Waals surface area (Å²) in [6, 6.07) is 5.79. The zero-order chi connectivity index (χ0) is 28.7. The van der Waals surface area contributed by atoms with Gasteiger partial charge < -0.3 is 24.4 Å². The molecule has 3 heterocycles. The van der Waals surface area contributed by atoms with E-state index in [0.29, 0.717) is 35.9 Å². The summed E-state index contributed by atoms with van der Waals surface area (Å²) in [6.07, 6.45) is 0.969. The first-order valence-corrected chi connectivity index (χ1v) is 12.8. The number of ether oxygens (including phenoxy) is 1. The predicted octanol–water partition coefficient (Wildman–Crippen LogP) is 5.07. The molecule has 4 aromatic rings. The molecule has 0 radical (unpaired) electrons. The predicted molar refractivity (Wildman–Crippen MR) is 148 cm³/mol. The number of anilines is 3. The van der Waals surface area contributed by atoms with Crippen molar-refractivity contribution in [1.82, 2.24) is 24.4 Å². The third-order valence-electron chi connectivity index (χ3n) is 7.04. The molecule has 2 aromatic heterocycles. The second kappa shape index (κ2) is 10.6. The minimum atomic E-state index is -0.750. The van der Waals surface area contributed by atoms with E-state index in [1.807, 2.05) is 30.4 Å². The lowest BCUT2D eigenvalue weighted by Gasteiger charge is -2.34. The van der Waals surface area contributed by atoms with Gasteiger partial charge in [-0.05, 0) is 40.0 Å². The molecule has 1 aliphatic rings. The van der Waals surface area contributed by atoms with Crippen LogP contribution in [0.1, 0.15) is 25.7 Å². The Labute approximate surface area is 229 Å². The van der Waals surface area contributed by atoms with Gasteiger partial charge in [0.05, 0.1) is 29.4 Å². The molecule has 1 saturated heterocycles. The number of nitro groups is 1. The van der Waals surface area contributed by atoms with Gasteiger partial charge in [0.15, 0.2) is 11.6 Å². The van der Waals surface area contributed by atoms with Gasteiger partial charge in [0, 0.05) is 49.9 Å². The second-order valence-corrected chi connectivity index (χ2v) is 10.1. The first kappa shape index (κ1) is 27.2. The van der Waals surface area contributed by atoms with Crippen LogP contribution in [0.2, 0.25) is 0 Å². The van der Waals surface area contributed by atoms with Gasteiger partial charge in [0.1, 0.15) is 28.5 Å². The fourth-order valence-electron chi connectivity index (χ4n) is 5.08. The summed E-state index contributed by atoms with van der Waals surface area (Å²) in [4.78, 5) is 28.3. The van der Waals surface area contributed by atoms with Crippen LogP contribution in [0.25, 0.3) is 22.3 Å². The highest BCUT2D eigenvalue weighted by Crippen LogP contribution is 2.40. The molecular weight excluding hydrogens is 522 g/mol. The Balaban J connectivity index is 1.54. The third-order valence-corrected chi connectivity index (χ3v) is 7.04. The van der Waals surface area contributed by atoms with Crippen LogP contribution in [0.4, 0.5) is 31.8 Å². The minimum Gasteiger partial charge on any atom is -0.494 e. The van der Waals surface area contributed by atoms with E-state index in [1.54, 1.807) is 19.1 Å². The molecule has 1 fully saturated rings. The van der Waals surface area contributed by atoms with Crippen molar-refractivity contribution in [2.75, 3.05) is 50.6 Å². The number of aryl methyl sites for hydroxylation is 1. The summed E-state index contributed by atoms with van der Waals surface area (Å²) >= 11 is 0. The number of imidazole rings is 1. The third kappa shape index (κ3) is 4.99. The Kier molecular flexibility index (Phi) is 7.23. The van der Waals surface area contributed by atoms with Crippen LogP contribution in [0, 0.1) is 28.7 Å². The van der Waals surface area contributed by atoms with E-state index in [2.05, 4.69) is 25.2 Å². The summed E-state index contributed by atoms with van der Waals surface area (Å²) in [5.74, 6) is -0.414. The first-order chi connectivity index (χ1) is 19.1. The van der Waals surface area contributed by atoms with Crippen LogP contribution in [0.15, 0.2) is 30.5 Å². The van der Waals surface area contributed by atoms with Gasteiger partial charge in [-0.2, -0.15) is 0 Å². The molecular formula is C27H30F2N8O3. The molecule has 0 unspecified atom stereocenters. The number of likely N-dealkylation sites (N-methyl/N-ethyl adjacent to an activating group) is 1. The summed E-state index contributed by atoms with van der Waals surface area (Å²) in [7, 11) is 3.46. The summed E-state index contributed by atoms with van der Waals surface area (Å²) < 4.78 is 37.4. The minimum absolute atomic E-state index is 0.00389. The zero-order valence-corrected chi connectivity index (χ0v) is 22.9. The topological polar surface area (TPSA) is 114 Å². The van der Waals surface area contributed by atoms with Crippen molar-refractivity contribution in [1.29, 1.82) is 0 Å². The number of rotatable bonds is 7. The Morgan fingerprint density at radius 3 is 2.45 bits per heavy atom. The number of nitrogens with zero attached hydrogens (tertiary/aromatic N) is 7. The first-order valence-electron chi connectivity index (χ1n) is 12.8. The smallest absolute Gasteiger partial charge is 0.294 e. The van der Waals surface area contributed by atoms with Gasteiger partial charge in [-0.1, -0.05) is 0 Å². The molecule has 11 nitrogen and oxygen atoms in total. The van der Waals surface area contributed by atoms with Gasteiger partial charge in [-0.3, -0.25) is 10.1 Å². The highest BCUT2D eigenvalue weighted by atomic mass is 19.1. The van der Waals surface area contributed by atoms with Crippen molar-refractivity contribution in [2.24, 2.45) is 0 Å². The molecule has 0 saturated carbocycles. The number of aromatic nitrogens is 4. The molecule has 0 aliphatic carbocycles. The van der Waals surface area contributed by atoms with Crippen molar-refractivity contribution >= 4 is 34.0 Å². The molecule has 40 heavy (non-hydrogen) atoms. The Morgan fingerprint density at radius 1 is 1.07 bits per heavy atom. The SMILES string of the molecule is COc1cc(N2CCN(C)CC2)c([N+](=O)[O-])cc1Nc1ncc(F)c(-c2cc(F)c3nc(C)n(C(C)C)c3c2)n1. The number of nitro benzene ring substituents is 1. The quantitative estimate of drug-likeness (QED) is 0.248. The molecule has 0 spiro atoms. The Morgan fingerprint density at radius 2 is 1.80 bits per heavy atom. The number of methoxy groups -OCH3 is 1. The number of halogens is 2. The monoisotopic (exact) mass is 552 g/mol. The van der Waals surface area contributed by atoms with Gasteiger partial charge in [0.2, 0.25) is 5.95 Å². The number of hydrogen-bond acceptors (Lipinski definition) is 9. The second-order valence-electron chi connectivity index (χ2n) is 10.1. The zero-order valence-electron chi connectivity index (χ0n) is 22.9. The van der Waals surface area contributed by atoms with E-state index < -0.39 is 16.6 Å². The molecule has 0 atom stereocenters. The van der Waals surface area contributed by atoms with E-state index in [4.69, 9.17) is 4.74 Å². The normalized spacial score (nSPS) is 14.2. The summed E-state index contributed by atoms with van der Waals surface area (Å²) in [5.41, 5.74) is 1.36. The highest BCUT2D eigenvalue weighted by molar-refractivity contribution is 5.83. The number of fused-ring (bicyclic) bond motifs is 1. The standard InChI is InChI=1S/C27H30F2N8O3/c1-15(2)36-16(3)31-26-18(28)10-17(11-23(26)36)25-19(29)14-30-27(33-25)32-20-12-22(37(38)39)21(13-24(20)40-5)35-8-6-34(4)7-9-35/h10-15H,6-9H2,1-5H3,(H,30,32,33). The van der Waals surface area contributed by atoms with E-state index in [-0.39, 0.29) is 40.1 Å². The Bertz CT molecular complexity index is 1600. The maximum Gasteiger partial charge on any atom is 0.294 e. The molecule has 13 heteroatoms. The van der Waals surface area contributed by atoms with E-state index in [0.717, 1.165) is 19.3 Å². The number of nitrogens with one attached hydrogen (secondary N) is 1. The maximum atomic E-state index is 15.1. The van der Waals surface area contributed by atoms with Crippen LogP contribution < -0.4 is 15.0 Å². The van der Waals surface area contributed by atoms with E-state index >= 15 is 4.39 Å². The van der Waals surface area contributed by atoms with Gasteiger partial charge in [0.25, 0.3) is 5.69 Å². The van der Waals surface area contributed by atoms with Crippen LogP contribution in [0.5, 0.6) is 5.75 Å². The molecule has 0 bridgehead atoms. The fourth-order valence-corrected chi connectivity index (χ4v) is 5.08. The number of piperazine rings is 1. The molecule has 210 valence electrons. The summed E-state index contributed by atoms with van der Waals surface area (Å²) in [5, 5.41) is 14.9. The maximum absolute atomic E-state index is 15.1. The lowest BCUT2D eigenvalue weighted by atomic mass is 10.1. The highest BCUT2D eigenvalue weighted by Gasteiger charge is 2.26. The largest absolute Gasteiger partial charge is 0.494 e. The van der Waals surface area contributed by atoms with Gasteiger partial charge >= 0.3 is 0 Å². The fraction of sp³-hybridized carbons (Fsp3) is 0.370. The van der Waals surface area contributed by atoms with Crippen molar-refractivity contribution < 1.29 is 18.4 Å². The van der Waals surface area contributed by atoms with Gasteiger partial charge in [-0.15, -0.1) is 0 Å². The van der Waals surface area contributed by atoms with Crippen molar-refractivity contribution in [3.8, 4) is 17.0 Å². The Hall–Kier alpha value is -4.39. The molecule has 1 N–H and O–H groups in total. The number of hydrogen-bond donors (Lipinski definition) is 1. The van der Waals surface area contributed by atoms with E-state index in [9.17, 15) is 14.5 Å². The summed E-state index contributed by atoms with van der Waals surface area (Å²) in [6.45, 7) is 8.50. The molecule has 2 aromatic carbocycles. The number of benzene rings is 2. The van der Waals surface area contributed by atoms with Crippen LogP contribution in [0.3, 0.4) is 0 Å². The van der Waals surface area contributed by atoms with E-state index in [1.165, 1.54) is 19.2 Å². The molecule has 0 amide bonds. The average Bonchev–Trinajstić information content (AvgIpc) is 3.26. The lowest BCUT2D eigenvalue weighted by Crippen LogP contribution is -2.44. The van der Waals surface area contributed by atoms with Gasteiger partial charge in [-0.25, -0.2) is 23.7 Å².